The van der Waals surface area contributed by atoms with Gasteiger partial charge in [-0.2, -0.15) is 9.61 Å². The number of rotatable bonds is 3. The van der Waals surface area contributed by atoms with Gasteiger partial charge >= 0.3 is 0 Å². The van der Waals surface area contributed by atoms with Gasteiger partial charge in [0.25, 0.3) is 0 Å². The highest BCUT2D eigenvalue weighted by molar-refractivity contribution is 6.04. The summed E-state index contributed by atoms with van der Waals surface area (Å²) in [5.41, 5.74) is 10.1. The SMILES string of the molecule is CC(=O)c1c(N2CCc3oc(C)nc3C2)nc2c(-c3cnc4ccc(F)cc4c3)cnn2c1N. The Labute approximate surface area is 193 Å². The van der Waals surface area contributed by atoms with Gasteiger partial charge in [0.2, 0.25) is 0 Å². The van der Waals surface area contributed by atoms with E-state index < -0.39 is 0 Å². The Morgan fingerprint density at radius 2 is 2.06 bits per heavy atom. The van der Waals surface area contributed by atoms with Crippen molar-refractivity contribution in [2.75, 3.05) is 17.2 Å². The zero-order chi connectivity index (χ0) is 23.6. The number of pyridine rings is 1. The number of aryl methyl sites for hydroxylation is 1. The van der Waals surface area contributed by atoms with Crippen molar-refractivity contribution in [1.29, 1.82) is 0 Å². The van der Waals surface area contributed by atoms with E-state index >= 15 is 0 Å². The molecular weight excluding hydrogens is 437 g/mol. The fourth-order valence-electron chi connectivity index (χ4n) is 4.53. The quantitative estimate of drug-likeness (QED) is 0.408. The largest absolute Gasteiger partial charge is 0.446 e. The van der Waals surface area contributed by atoms with E-state index in [1.807, 2.05) is 17.9 Å². The summed E-state index contributed by atoms with van der Waals surface area (Å²) in [6.45, 7) is 4.33. The number of nitrogen functional groups attached to an aromatic ring is 1. The van der Waals surface area contributed by atoms with Gasteiger partial charge < -0.3 is 15.1 Å². The first-order chi connectivity index (χ1) is 16.4. The number of Topliss-reactive ketones (excluding diaryl/α,β-unsaturated/α-hetero) is 1. The molecule has 10 heteroatoms. The molecular formula is C24H20FN7O2. The molecule has 1 aliphatic rings. The molecule has 9 nitrogen and oxygen atoms in total. The number of oxazole rings is 1. The van der Waals surface area contributed by atoms with Crippen molar-refractivity contribution in [1.82, 2.24) is 24.6 Å². The van der Waals surface area contributed by atoms with Crippen LogP contribution in [-0.4, -0.2) is 36.9 Å². The second-order valence-corrected chi connectivity index (χ2v) is 8.38. The first kappa shape index (κ1) is 20.3. The summed E-state index contributed by atoms with van der Waals surface area (Å²) in [4.78, 5) is 28.4. The standard InChI is InChI=1S/C24H20FN7O2/c1-12(33)21-22(26)32-23(30-24(21)31-6-5-20-19(11-31)29-13(2)34-20)17(10-28-32)15-7-14-8-16(25)3-4-18(14)27-9-15/h3-4,7-10H,5-6,11,26H2,1-2H3. The summed E-state index contributed by atoms with van der Waals surface area (Å²) < 4.78 is 20.9. The lowest BCUT2D eigenvalue weighted by Crippen LogP contribution is -2.32. The van der Waals surface area contributed by atoms with Gasteiger partial charge in [0.05, 0.1) is 18.3 Å². The summed E-state index contributed by atoms with van der Waals surface area (Å²) in [6.07, 6.45) is 3.97. The maximum absolute atomic E-state index is 13.8. The number of carbonyl (C=O) groups excluding carboxylic acids is 1. The molecule has 5 aromatic rings. The lowest BCUT2D eigenvalue weighted by molar-refractivity contribution is 0.101. The monoisotopic (exact) mass is 457 g/mol. The van der Waals surface area contributed by atoms with Gasteiger partial charge in [-0.25, -0.2) is 14.4 Å². The smallest absolute Gasteiger partial charge is 0.191 e. The van der Waals surface area contributed by atoms with Crippen LogP contribution < -0.4 is 10.6 Å². The highest BCUT2D eigenvalue weighted by Crippen LogP contribution is 2.34. The fourth-order valence-corrected chi connectivity index (χ4v) is 4.53. The van der Waals surface area contributed by atoms with Gasteiger partial charge in [-0.3, -0.25) is 9.78 Å². The van der Waals surface area contributed by atoms with E-state index in [0.29, 0.717) is 58.9 Å². The molecule has 1 aromatic carbocycles. The van der Waals surface area contributed by atoms with Crippen LogP contribution in [0.3, 0.4) is 0 Å². The molecule has 0 saturated heterocycles. The number of ketones is 1. The molecule has 34 heavy (non-hydrogen) atoms. The first-order valence-corrected chi connectivity index (χ1v) is 10.8. The molecule has 0 saturated carbocycles. The summed E-state index contributed by atoms with van der Waals surface area (Å²) in [5, 5.41) is 5.05. The third-order valence-corrected chi connectivity index (χ3v) is 6.10. The molecule has 0 spiro atoms. The molecule has 1 aliphatic heterocycles. The molecule has 2 N–H and O–H groups in total. The Hall–Kier alpha value is -4.34. The topological polar surface area (TPSA) is 115 Å². The lowest BCUT2D eigenvalue weighted by Gasteiger charge is -2.28. The Kier molecular flexibility index (Phi) is 4.38. The van der Waals surface area contributed by atoms with Crippen LogP contribution in [-0.2, 0) is 13.0 Å². The predicted molar refractivity (Wildman–Crippen MR) is 124 cm³/mol. The van der Waals surface area contributed by atoms with Crippen LogP contribution in [0, 0.1) is 12.7 Å². The van der Waals surface area contributed by atoms with Crippen molar-refractivity contribution >= 4 is 34.0 Å². The summed E-state index contributed by atoms with van der Waals surface area (Å²) in [6, 6.07) is 6.28. The van der Waals surface area contributed by atoms with Crippen molar-refractivity contribution in [3.8, 4) is 11.1 Å². The number of nitrogens with two attached hydrogens (primary N) is 1. The van der Waals surface area contributed by atoms with E-state index in [1.54, 1.807) is 18.5 Å². The number of nitrogens with zero attached hydrogens (tertiary/aromatic N) is 6. The van der Waals surface area contributed by atoms with E-state index in [4.69, 9.17) is 15.1 Å². The number of benzene rings is 1. The highest BCUT2D eigenvalue weighted by Gasteiger charge is 2.28. The van der Waals surface area contributed by atoms with E-state index in [9.17, 15) is 9.18 Å². The minimum absolute atomic E-state index is 0.205. The molecule has 170 valence electrons. The van der Waals surface area contributed by atoms with E-state index in [1.165, 1.54) is 23.6 Å². The van der Waals surface area contributed by atoms with Gasteiger partial charge in [-0.15, -0.1) is 0 Å². The number of carbonyl (C=O) groups is 1. The van der Waals surface area contributed by atoms with E-state index in [-0.39, 0.29) is 17.4 Å². The van der Waals surface area contributed by atoms with E-state index in [2.05, 4.69) is 15.1 Å². The molecule has 0 unspecified atom stereocenters. The average molecular weight is 457 g/mol. The molecule has 0 atom stereocenters. The number of hydrogen-bond acceptors (Lipinski definition) is 8. The van der Waals surface area contributed by atoms with Gasteiger partial charge in [0.1, 0.15) is 34.5 Å². The normalized spacial score (nSPS) is 13.6. The van der Waals surface area contributed by atoms with E-state index in [0.717, 1.165) is 17.0 Å². The molecule has 4 aromatic heterocycles. The number of anilines is 2. The average Bonchev–Trinajstić information content (AvgIpc) is 3.40. The highest BCUT2D eigenvalue weighted by atomic mass is 19.1. The molecule has 0 amide bonds. The molecule has 0 aliphatic carbocycles. The zero-order valence-corrected chi connectivity index (χ0v) is 18.5. The summed E-state index contributed by atoms with van der Waals surface area (Å²) in [5.74, 6) is 1.61. The predicted octanol–water partition coefficient (Wildman–Crippen LogP) is 3.73. The second kappa shape index (κ2) is 7.34. The first-order valence-electron chi connectivity index (χ1n) is 10.8. The van der Waals surface area contributed by atoms with Crippen molar-refractivity contribution in [2.45, 2.75) is 26.8 Å². The van der Waals surface area contributed by atoms with Gasteiger partial charge in [-0.05, 0) is 31.2 Å². The summed E-state index contributed by atoms with van der Waals surface area (Å²) in [7, 11) is 0. The maximum atomic E-state index is 13.8. The van der Waals surface area contributed by atoms with Crippen molar-refractivity contribution in [3.63, 3.8) is 0 Å². The Morgan fingerprint density at radius 3 is 2.88 bits per heavy atom. The van der Waals surface area contributed by atoms with Gasteiger partial charge in [-0.1, -0.05) is 0 Å². The minimum Gasteiger partial charge on any atom is -0.446 e. The summed E-state index contributed by atoms with van der Waals surface area (Å²) >= 11 is 0. The van der Waals surface area contributed by atoms with Crippen LogP contribution in [0.5, 0.6) is 0 Å². The fraction of sp³-hybridized carbons (Fsp3) is 0.208. The van der Waals surface area contributed by atoms with Gasteiger partial charge in [0.15, 0.2) is 17.3 Å². The third kappa shape index (κ3) is 3.10. The van der Waals surface area contributed by atoms with Crippen LogP contribution in [0.15, 0.2) is 41.1 Å². The Bertz CT molecular complexity index is 1620. The molecule has 0 radical (unpaired) electrons. The van der Waals surface area contributed by atoms with Crippen molar-refractivity contribution < 1.29 is 13.6 Å². The van der Waals surface area contributed by atoms with Crippen molar-refractivity contribution in [3.05, 3.63) is 65.4 Å². The molecule has 0 bridgehead atoms. The Morgan fingerprint density at radius 1 is 1.21 bits per heavy atom. The van der Waals surface area contributed by atoms with Crippen LogP contribution >= 0.6 is 0 Å². The van der Waals surface area contributed by atoms with Gasteiger partial charge in [0, 0.05) is 42.6 Å². The zero-order valence-electron chi connectivity index (χ0n) is 18.5. The minimum atomic E-state index is -0.338. The Balaban J connectivity index is 1.53. The van der Waals surface area contributed by atoms with Crippen LogP contribution in [0.1, 0.15) is 34.6 Å². The molecule has 0 fully saturated rings. The van der Waals surface area contributed by atoms with Crippen molar-refractivity contribution in [2.24, 2.45) is 0 Å². The maximum Gasteiger partial charge on any atom is 0.191 e. The van der Waals surface area contributed by atoms with Crippen LogP contribution in [0.25, 0.3) is 27.7 Å². The number of fused-ring (bicyclic) bond motifs is 3. The molecule has 6 rings (SSSR count). The third-order valence-electron chi connectivity index (χ3n) is 6.10. The number of aromatic nitrogens is 5. The second-order valence-electron chi connectivity index (χ2n) is 8.38. The van der Waals surface area contributed by atoms with Crippen LogP contribution in [0.4, 0.5) is 16.0 Å². The van der Waals surface area contributed by atoms with Crippen LogP contribution in [0.2, 0.25) is 0 Å². The molecule has 5 heterocycles. The number of hydrogen-bond donors (Lipinski definition) is 1. The number of halogens is 1. The lowest BCUT2D eigenvalue weighted by atomic mass is 10.1.